The predicted octanol–water partition coefficient (Wildman–Crippen LogP) is 4.81. The van der Waals surface area contributed by atoms with Gasteiger partial charge in [0.2, 0.25) is 0 Å². The van der Waals surface area contributed by atoms with Gasteiger partial charge in [-0.1, -0.05) is 11.2 Å². The van der Waals surface area contributed by atoms with Crippen LogP contribution in [0, 0.1) is 18.6 Å². The number of nitrogens with zero attached hydrogens (tertiary/aromatic N) is 4. The summed E-state index contributed by atoms with van der Waals surface area (Å²) in [7, 11) is 0. The van der Waals surface area contributed by atoms with E-state index in [1.165, 1.54) is 12.1 Å². The predicted molar refractivity (Wildman–Crippen MR) is 129 cm³/mol. The van der Waals surface area contributed by atoms with E-state index in [2.05, 4.69) is 27.1 Å². The van der Waals surface area contributed by atoms with Crippen molar-refractivity contribution in [2.75, 3.05) is 0 Å². The molecule has 9 nitrogen and oxygen atoms in total. The number of aromatic amines is 1. The standard InChI is InChI=1S/C26H22F2N5O4/c1-2-16(11-24(34)35)36-17-8-6-15(7-9-17)21-10-18(37-32-21)13-33-14-23-22(12-29-33)30-26(31-23)19-4-3-5-20(27)25(19)28/h3-10,12,16H,1-2,11,13-14H2,(H,30,31)(H,34,35). The summed E-state index contributed by atoms with van der Waals surface area (Å²) in [6.07, 6.45) is 1.28. The number of nitrogens with one attached hydrogen (secondary N) is 1. The molecule has 1 unspecified atom stereocenters. The van der Waals surface area contributed by atoms with Crippen LogP contribution in [0.1, 0.15) is 30.0 Å². The zero-order chi connectivity index (χ0) is 25.9. The second-order valence-electron chi connectivity index (χ2n) is 8.44. The van der Waals surface area contributed by atoms with Gasteiger partial charge >= 0.3 is 5.97 Å². The number of benzene rings is 2. The molecule has 2 N–H and O–H groups in total. The number of H-pyrrole nitrogens is 1. The summed E-state index contributed by atoms with van der Waals surface area (Å²) in [4.78, 5) is 18.3. The van der Waals surface area contributed by atoms with Gasteiger partial charge in [-0.05, 0) is 49.7 Å². The maximum Gasteiger partial charge on any atom is 0.307 e. The zero-order valence-electron chi connectivity index (χ0n) is 19.5. The lowest BCUT2D eigenvalue weighted by molar-refractivity contribution is -0.138. The topological polar surface area (TPSA) is 117 Å². The molecule has 0 fully saturated rings. The number of ether oxygens (including phenoxy) is 1. The van der Waals surface area contributed by atoms with E-state index in [1.807, 2.05) is 0 Å². The third-order valence-corrected chi connectivity index (χ3v) is 5.77. The number of imidazole rings is 1. The monoisotopic (exact) mass is 506 g/mol. The number of hydrazone groups is 1. The SMILES string of the molecule is [CH2]CC(CC(=O)O)Oc1ccc(-c2cc(CN3Cc4nc(-c5cccc(F)c5F)[nH]c4C=N3)on2)cc1. The van der Waals surface area contributed by atoms with Crippen LogP contribution in [0.25, 0.3) is 22.6 Å². The van der Waals surface area contributed by atoms with Crippen molar-refractivity contribution in [3.8, 4) is 28.4 Å². The first-order valence-corrected chi connectivity index (χ1v) is 11.5. The third-order valence-electron chi connectivity index (χ3n) is 5.77. The van der Waals surface area contributed by atoms with Crippen molar-refractivity contribution in [2.24, 2.45) is 5.10 Å². The molecule has 4 aromatic rings. The van der Waals surface area contributed by atoms with E-state index in [0.717, 1.165) is 11.6 Å². The fourth-order valence-electron chi connectivity index (χ4n) is 3.91. The lowest BCUT2D eigenvalue weighted by atomic mass is 10.1. The molecule has 0 saturated carbocycles. The van der Waals surface area contributed by atoms with Crippen LogP contribution >= 0.6 is 0 Å². The van der Waals surface area contributed by atoms with Gasteiger partial charge < -0.3 is 19.4 Å². The van der Waals surface area contributed by atoms with E-state index in [1.54, 1.807) is 41.6 Å². The van der Waals surface area contributed by atoms with Gasteiger partial charge in [0.05, 0.1) is 42.7 Å². The summed E-state index contributed by atoms with van der Waals surface area (Å²) >= 11 is 0. The molecule has 0 aliphatic carbocycles. The molecule has 11 heteroatoms. The maximum absolute atomic E-state index is 14.2. The highest BCUT2D eigenvalue weighted by molar-refractivity contribution is 5.80. The summed E-state index contributed by atoms with van der Waals surface area (Å²) in [5.41, 5.74) is 2.73. The third kappa shape index (κ3) is 5.35. The minimum atomic E-state index is -0.960. The summed E-state index contributed by atoms with van der Waals surface area (Å²) in [5.74, 6) is -1.50. The number of carboxylic acid groups (broad SMARTS) is 1. The van der Waals surface area contributed by atoms with Gasteiger partial charge in [-0.25, -0.2) is 13.8 Å². The molecule has 0 saturated heterocycles. The first-order chi connectivity index (χ1) is 17.9. The smallest absolute Gasteiger partial charge is 0.307 e. The van der Waals surface area contributed by atoms with Crippen molar-refractivity contribution in [1.82, 2.24) is 20.1 Å². The molecule has 0 spiro atoms. The lowest BCUT2D eigenvalue weighted by Crippen LogP contribution is -2.21. The van der Waals surface area contributed by atoms with E-state index in [4.69, 9.17) is 14.4 Å². The van der Waals surface area contributed by atoms with Gasteiger partial charge in [0.25, 0.3) is 0 Å². The number of fused-ring (bicyclic) bond motifs is 1. The van der Waals surface area contributed by atoms with Gasteiger partial charge in [0, 0.05) is 11.6 Å². The van der Waals surface area contributed by atoms with Crippen molar-refractivity contribution in [2.45, 2.75) is 32.0 Å². The molecule has 37 heavy (non-hydrogen) atoms. The molecular formula is C26H22F2N5O4. The Hall–Kier alpha value is -4.54. The second kappa shape index (κ2) is 10.2. The highest BCUT2D eigenvalue weighted by Crippen LogP contribution is 2.27. The van der Waals surface area contributed by atoms with E-state index in [-0.39, 0.29) is 17.8 Å². The number of halogens is 2. The highest BCUT2D eigenvalue weighted by atomic mass is 19.2. The van der Waals surface area contributed by atoms with Gasteiger partial charge in [-0.3, -0.25) is 9.80 Å². The van der Waals surface area contributed by atoms with Crippen LogP contribution in [-0.2, 0) is 17.9 Å². The Morgan fingerprint density at radius 3 is 2.81 bits per heavy atom. The van der Waals surface area contributed by atoms with E-state index < -0.39 is 23.7 Å². The number of hydrogen-bond donors (Lipinski definition) is 2. The first kappa shape index (κ1) is 24.2. The van der Waals surface area contributed by atoms with Crippen molar-refractivity contribution in [3.05, 3.63) is 84.2 Å². The van der Waals surface area contributed by atoms with Crippen LogP contribution in [0.5, 0.6) is 5.75 Å². The maximum atomic E-state index is 14.2. The van der Waals surface area contributed by atoms with Crippen LogP contribution in [0.4, 0.5) is 8.78 Å². The summed E-state index contributed by atoms with van der Waals surface area (Å²) in [6.45, 7) is 4.39. The Morgan fingerprint density at radius 1 is 1.24 bits per heavy atom. The number of carbonyl (C=O) groups is 1. The molecule has 1 atom stereocenters. The molecule has 1 aliphatic rings. The van der Waals surface area contributed by atoms with Gasteiger partial charge in [0.1, 0.15) is 23.4 Å². The van der Waals surface area contributed by atoms with Crippen LogP contribution in [0.2, 0.25) is 0 Å². The zero-order valence-corrected chi connectivity index (χ0v) is 19.5. The number of aliphatic carboxylic acids is 1. The second-order valence-corrected chi connectivity index (χ2v) is 8.44. The summed E-state index contributed by atoms with van der Waals surface area (Å²) in [6, 6.07) is 12.8. The minimum Gasteiger partial charge on any atom is -0.490 e. The Morgan fingerprint density at radius 2 is 2.05 bits per heavy atom. The molecule has 5 rings (SSSR count). The largest absolute Gasteiger partial charge is 0.490 e. The first-order valence-electron chi connectivity index (χ1n) is 11.5. The van der Waals surface area contributed by atoms with Crippen LogP contribution in [0.15, 0.2) is 58.2 Å². The highest BCUT2D eigenvalue weighted by Gasteiger charge is 2.21. The number of aromatic nitrogens is 3. The molecule has 0 amide bonds. The van der Waals surface area contributed by atoms with E-state index in [0.29, 0.717) is 48.1 Å². The quantitative estimate of drug-likeness (QED) is 0.335. The van der Waals surface area contributed by atoms with Crippen LogP contribution in [0.3, 0.4) is 0 Å². The Balaban J connectivity index is 1.23. The molecule has 1 aliphatic heterocycles. The fourth-order valence-corrected chi connectivity index (χ4v) is 3.91. The molecular weight excluding hydrogens is 484 g/mol. The van der Waals surface area contributed by atoms with Gasteiger partial charge in [-0.2, -0.15) is 5.10 Å². The fraction of sp³-hybridized carbons (Fsp3) is 0.192. The molecule has 3 heterocycles. The van der Waals surface area contributed by atoms with Gasteiger partial charge in [-0.15, -0.1) is 0 Å². The van der Waals surface area contributed by atoms with Crippen molar-refractivity contribution < 1.29 is 27.9 Å². The van der Waals surface area contributed by atoms with E-state index in [9.17, 15) is 13.6 Å². The van der Waals surface area contributed by atoms with Crippen LogP contribution < -0.4 is 4.74 Å². The van der Waals surface area contributed by atoms with Crippen molar-refractivity contribution >= 4 is 12.2 Å². The van der Waals surface area contributed by atoms with Crippen molar-refractivity contribution in [1.29, 1.82) is 0 Å². The summed E-state index contributed by atoms with van der Waals surface area (Å²) in [5, 5.41) is 19.2. The number of hydrogen-bond acceptors (Lipinski definition) is 7. The molecule has 2 aromatic heterocycles. The minimum absolute atomic E-state index is 0.0504. The van der Waals surface area contributed by atoms with E-state index >= 15 is 0 Å². The Bertz CT molecular complexity index is 1450. The van der Waals surface area contributed by atoms with Gasteiger partial charge in [0.15, 0.2) is 17.4 Å². The Labute approximate surface area is 210 Å². The normalized spacial score (nSPS) is 13.4. The molecule has 1 radical (unpaired) electrons. The van der Waals surface area contributed by atoms with Crippen LogP contribution in [-0.4, -0.2) is 43.5 Å². The lowest BCUT2D eigenvalue weighted by Gasteiger charge is -2.19. The average molecular weight is 506 g/mol. The number of carboxylic acids is 1. The summed E-state index contributed by atoms with van der Waals surface area (Å²) < 4.78 is 38.9. The van der Waals surface area contributed by atoms with Crippen molar-refractivity contribution in [3.63, 3.8) is 0 Å². The average Bonchev–Trinajstić information content (AvgIpc) is 3.52. The Kier molecular flexibility index (Phi) is 6.67. The molecule has 2 aromatic carbocycles. The molecule has 189 valence electrons. The number of rotatable bonds is 9. The molecule has 0 bridgehead atoms.